The van der Waals surface area contributed by atoms with Gasteiger partial charge in [-0.05, 0) is 37.1 Å². The van der Waals surface area contributed by atoms with Gasteiger partial charge in [0.25, 0.3) is 0 Å². The first kappa shape index (κ1) is 14.9. The maximum Gasteiger partial charge on any atom is 0.232 e. The molecule has 0 aliphatic heterocycles. The van der Waals surface area contributed by atoms with Crippen molar-refractivity contribution >= 4 is 17.7 Å². The number of carbonyl (C=O) groups is 1. The van der Waals surface area contributed by atoms with Crippen LogP contribution in [0.1, 0.15) is 26.7 Å². The predicted molar refractivity (Wildman–Crippen MR) is 76.0 cm³/mol. The normalized spacial score (nSPS) is 10.3. The second kappa shape index (κ2) is 8.03. The standard InChI is InChI=1S/C14H21NO2S/c1-3-9-15(10-4-2)14(17)11-18-13-7-5-12(16)6-8-13/h5-8,16H,3-4,9-11H2,1-2H3. The van der Waals surface area contributed by atoms with Crippen LogP contribution in [0.5, 0.6) is 5.75 Å². The van der Waals surface area contributed by atoms with Crippen molar-refractivity contribution in [2.24, 2.45) is 0 Å². The van der Waals surface area contributed by atoms with E-state index in [0.717, 1.165) is 30.8 Å². The number of hydrogen-bond donors (Lipinski definition) is 1. The molecule has 0 bridgehead atoms. The van der Waals surface area contributed by atoms with Gasteiger partial charge in [-0.25, -0.2) is 0 Å². The number of hydrogen-bond acceptors (Lipinski definition) is 3. The largest absolute Gasteiger partial charge is 0.508 e. The van der Waals surface area contributed by atoms with E-state index in [1.807, 2.05) is 17.0 Å². The monoisotopic (exact) mass is 267 g/mol. The molecule has 1 rings (SSSR count). The minimum atomic E-state index is 0.191. The van der Waals surface area contributed by atoms with E-state index >= 15 is 0 Å². The highest BCUT2D eigenvalue weighted by Crippen LogP contribution is 2.21. The Labute approximate surface area is 113 Å². The van der Waals surface area contributed by atoms with E-state index in [1.54, 1.807) is 12.1 Å². The first-order valence-corrected chi connectivity index (χ1v) is 7.35. The van der Waals surface area contributed by atoms with Crippen molar-refractivity contribution in [1.29, 1.82) is 0 Å². The molecule has 0 aliphatic rings. The number of phenols is 1. The maximum absolute atomic E-state index is 12.0. The summed E-state index contributed by atoms with van der Waals surface area (Å²) in [4.78, 5) is 15.0. The minimum Gasteiger partial charge on any atom is -0.508 e. The SMILES string of the molecule is CCCN(CCC)C(=O)CSc1ccc(O)cc1. The molecule has 0 unspecified atom stereocenters. The van der Waals surface area contributed by atoms with Crippen LogP contribution >= 0.6 is 11.8 Å². The van der Waals surface area contributed by atoms with Crippen LogP contribution in [-0.2, 0) is 4.79 Å². The van der Waals surface area contributed by atoms with Gasteiger partial charge in [0.1, 0.15) is 5.75 Å². The molecule has 1 N–H and O–H groups in total. The summed E-state index contributed by atoms with van der Waals surface area (Å²) in [5, 5.41) is 9.18. The highest BCUT2D eigenvalue weighted by Gasteiger charge is 2.11. The highest BCUT2D eigenvalue weighted by atomic mass is 32.2. The Kier molecular flexibility index (Phi) is 6.65. The molecule has 3 nitrogen and oxygen atoms in total. The zero-order valence-corrected chi connectivity index (χ0v) is 11.9. The number of nitrogens with zero attached hydrogens (tertiary/aromatic N) is 1. The van der Waals surface area contributed by atoms with E-state index < -0.39 is 0 Å². The molecule has 0 saturated heterocycles. The lowest BCUT2D eigenvalue weighted by molar-refractivity contribution is -0.128. The van der Waals surface area contributed by atoms with Gasteiger partial charge in [-0.2, -0.15) is 0 Å². The first-order chi connectivity index (χ1) is 8.67. The molecular weight excluding hydrogens is 246 g/mol. The second-order valence-electron chi connectivity index (χ2n) is 4.16. The first-order valence-electron chi connectivity index (χ1n) is 6.37. The van der Waals surface area contributed by atoms with Crippen molar-refractivity contribution in [3.63, 3.8) is 0 Å². The maximum atomic E-state index is 12.0. The Balaban J connectivity index is 2.45. The van der Waals surface area contributed by atoms with Crippen LogP contribution in [0.25, 0.3) is 0 Å². The number of thioether (sulfide) groups is 1. The fourth-order valence-corrected chi connectivity index (χ4v) is 2.48. The quantitative estimate of drug-likeness (QED) is 0.772. The van der Waals surface area contributed by atoms with Crippen molar-refractivity contribution < 1.29 is 9.90 Å². The molecule has 1 aromatic carbocycles. The summed E-state index contributed by atoms with van der Waals surface area (Å²) in [6, 6.07) is 6.94. The predicted octanol–water partition coefficient (Wildman–Crippen LogP) is 3.13. The molecule has 100 valence electrons. The van der Waals surface area contributed by atoms with Gasteiger partial charge >= 0.3 is 0 Å². The fourth-order valence-electron chi connectivity index (χ4n) is 1.68. The van der Waals surface area contributed by atoms with Crippen molar-refractivity contribution in [3.05, 3.63) is 24.3 Å². The van der Waals surface area contributed by atoms with E-state index in [2.05, 4.69) is 13.8 Å². The van der Waals surface area contributed by atoms with Crippen LogP contribution < -0.4 is 0 Å². The van der Waals surface area contributed by atoms with E-state index in [1.165, 1.54) is 11.8 Å². The van der Waals surface area contributed by atoms with E-state index in [4.69, 9.17) is 0 Å². The zero-order chi connectivity index (χ0) is 13.4. The van der Waals surface area contributed by atoms with Crippen LogP contribution in [0, 0.1) is 0 Å². The number of carbonyl (C=O) groups excluding carboxylic acids is 1. The van der Waals surface area contributed by atoms with E-state index in [0.29, 0.717) is 5.75 Å². The molecule has 1 aromatic rings. The van der Waals surface area contributed by atoms with Crippen LogP contribution in [0.2, 0.25) is 0 Å². The van der Waals surface area contributed by atoms with Crippen molar-refractivity contribution in [1.82, 2.24) is 4.90 Å². The summed E-state index contributed by atoms with van der Waals surface area (Å²) in [6.45, 7) is 5.84. The number of amides is 1. The topological polar surface area (TPSA) is 40.5 Å². The molecule has 18 heavy (non-hydrogen) atoms. The Morgan fingerprint density at radius 3 is 2.22 bits per heavy atom. The third-order valence-corrected chi connectivity index (χ3v) is 3.54. The summed E-state index contributed by atoms with van der Waals surface area (Å²) in [5.41, 5.74) is 0. The van der Waals surface area contributed by atoms with Gasteiger partial charge in [-0.3, -0.25) is 4.79 Å². The number of aromatic hydroxyl groups is 1. The fraction of sp³-hybridized carbons (Fsp3) is 0.500. The van der Waals surface area contributed by atoms with Gasteiger partial charge in [0.05, 0.1) is 5.75 Å². The molecule has 0 atom stereocenters. The Hall–Kier alpha value is -1.16. The smallest absolute Gasteiger partial charge is 0.232 e. The summed E-state index contributed by atoms with van der Waals surface area (Å²) < 4.78 is 0. The lowest BCUT2D eigenvalue weighted by Crippen LogP contribution is -2.33. The summed E-state index contributed by atoms with van der Waals surface area (Å²) in [7, 11) is 0. The molecule has 0 radical (unpaired) electrons. The highest BCUT2D eigenvalue weighted by molar-refractivity contribution is 8.00. The van der Waals surface area contributed by atoms with E-state index in [9.17, 15) is 9.90 Å². The number of rotatable bonds is 7. The van der Waals surface area contributed by atoms with Gasteiger partial charge < -0.3 is 10.0 Å². The van der Waals surface area contributed by atoms with Gasteiger partial charge in [0, 0.05) is 18.0 Å². The molecule has 4 heteroatoms. The third kappa shape index (κ3) is 5.00. The molecule has 0 fully saturated rings. The molecule has 0 aliphatic carbocycles. The molecule has 0 saturated carbocycles. The third-order valence-electron chi connectivity index (χ3n) is 2.54. The Morgan fingerprint density at radius 2 is 1.72 bits per heavy atom. The van der Waals surface area contributed by atoms with Gasteiger partial charge in [-0.1, -0.05) is 13.8 Å². The van der Waals surface area contributed by atoms with Gasteiger partial charge in [-0.15, -0.1) is 11.8 Å². The zero-order valence-electron chi connectivity index (χ0n) is 11.1. The number of phenolic OH excluding ortho intramolecular Hbond substituents is 1. The van der Waals surface area contributed by atoms with Crippen molar-refractivity contribution in [3.8, 4) is 5.75 Å². The Bertz CT molecular complexity index is 359. The average molecular weight is 267 g/mol. The molecule has 0 heterocycles. The van der Waals surface area contributed by atoms with Crippen LogP contribution in [0.15, 0.2) is 29.2 Å². The average Bonchev–Trinajstić information content (AvgIpc) is 2.37. The molecule has 0 aromatic heterocycles. The van der Waals surface area contributed by atoms with Crippen LogP contribution in [0.4, 0.5) is 0 Å². The molecule has 1 amide bonds. The van der Waals surface area contributed by atoms with Gasteiger partial charge in [0.15, 0.2) is 0 Å². The van der Waals surface area contributed by atoms with Crippen LogP contribution in [0.3, 0.4) is 0 Å². The molecular formula is C14H21NO2S. The minimum absolute atomic E-state index is 0.191. The number of benzene rings is 1. The van der Waals surface area contributed by atoms with Crippen molar-refractivity contribution in [2.45, 2.75) is 31.6 Å². The van der Waals surface area contributed by atoms with E-state index in [-0.39, 0.29) is 11.7 Å². The van der Waals surface area contributed by atoms with Gasteiger partial charge in [0.2, 0.25) is 5.91 Å². The summed E-state index contributed by atoms with van der Waals surface area (Å²) in [6.07, 6.45) is 1.99. The second-order valence-corrected chi connectivity index (χ2v) is 5.21. The summed E-state index contributed by atoms with van der Waals surface area (Å²) in [5.74, 6) is 0.908. The molecule has 0 spiro atoms. The lowest BCUT2D eigenvalue weighted by Gasteiger charge is -2.21. The lowest BCUT2D eigenvalue weighted by atomic mass is 10.3. The summed E-state index contributed by atoms with van der Waals surface area (Å²) >= 11 is 1.51. The van der Waals surface area contributed by atoms with Crippen LogP contribution in [-0.4, -0.2) is 34.8 Å². The Morgan fingerprint density at radius 1 is 1.17 bits per heavy atom. The van der Waals surface area contributed by atoms with Crippen molar-refractivity contribution in [2.75, 3.05) is 18.8 Å².